The summed E-state index contributed by atoms with van der Waals surface area (Å²) in [5.41, 5.74) is 3.14. The van der Waals surface area contributed by atoms with Crippen LogP contribution < -0.4 is 0 Å². The third kappa shape index (κ3) is 2.40. The van der Waals surface area contributed by atoms with Gasteiger partial charge in [-0.2, -0.15) is 0 Å². The highest BCUT2D eigenvalue weighted by atomic mass is 32.1. The number of aryl methyl sites for hydroxylation is 1. The average Bonchev–Trinajstić information content (AvgIpc) is 2.79. The summed E-state index contributed by atoms with van der Waals surface area (Å²) in [5, 5.41) is 12.4. The van der Waals surface area contributed by atoms with E-state index in [1.54, 1.807) is 11.3 Å². The second-order valence-electron chi connectivity index (χ2n) is 4.89. The smallest absolute Gasteiger partial charge is 0.101 e. The lowest BCUT2D eigenvalue weighted by atomic mass is 9.96. The fourth-order valence-electron chi connectivity index (χ4n) is 1.64. The van der Waals surface area contributed by atoms with Crippen LogP contribution in [0.3, 0.4) is 0 Å². The molecule has 0 aliphatic carbocycles. The molecular weight excluding hydrogens is 230 g/mol. The molecular formula is C14H17NOS. The first-order valence-electron chi connectivity index (χ1n) is 5.67. The Balaban J connectivity index is 2.40. The van der Waals surface area contributed by atoms with Crippen LogP contribution in [0.1, 0.15) is 24.4 Å². The highest BCUT2D eigenvalue weighted by Crippen LogP contribution is 2.31. The van der Waals surface area contributed by atoms with E-state index in [-0.39, 0.29) is 12.0 Å². The molecule has 0 radical (unpaired) electrons. The molecule has 2 aromatic rings. The molecule has 1 aromatic heterocycles. The van der Waals surface area contributed by atoms with E-state index in [1.807, 2.05) is 26.0 Å². The summed E-state index contributed by atoms with van der Waals surface area (Å²) in [6, 6.07) is 8.23. The van der Waals surface area contributed by atoms with Crippen LogP contribution in [-0.2, 0) is 5.41 Å². The summed E-state index contributed by atoms with van der Waals surface area (Å²) in [6.07, 6.45) is 0. The Labute approximate surface area is 106 Å². The van der Waals surface area contributed by atoms with Gasteiger partial charge in [0.05, 0.1) is 12.3 Å². The number of nitrogens with zero attached hydrogens (tertiary/aromatic N) is 1. The van der Waals surface area contributed by atoms with Gasteiger partial charge in [0.2, 0.25) is 0 Å². The van der Waals surface area contributed by atoms with E-state index in [2.05, 4.69) is 29.4 Å². The van der Waals surface area contributed by atoms with E-state index in [9.17, 15) is 5.11 Å². The molecule has 0 bridgehead atoms. The Hall–Kier alpha value is -1.19. The molecule has 0 aliphatic heterocycles. The molecule has 3 heteroatoms. The van der Waals surface area contributed by atoms with Crippen molar-refractivity contribution in [2.45, 2.75) is 26.2 Å². The molecule has 90 valence electrons. The fraction of sp³-hybridized carbons (Fsp3) is 0.357. The maximum Gasteiger partial charge on any atom is 0.101 e. The maximum absolute atomic E-state index is 9.35. The number of hydrogen-bond acceptors (Lipinski definition) is 3. The Morgan fingerprint density at radius 1 is 1.29 bits per heavy atom. The third-order valence-corrected chi connectivity index (χ3v) is 4.11. The second kappa shape index (κ2) is 4.59. The standard InChI is InChI=1S/C14H17NOS/c1-10-6-4-5-7-11(10)12-8-17-13(15-12)14(2,3)9-16/h4-8,16H,9H2,1-3H3. The molecule has 0 aliphatic rings. The number of aliphatic hydroxyl groups is 1. The SMILES string of the molecule is Cc1ccccc1-c1csc(C(C)(C)CO)n1. The summed E-state index contributed by atoms with van der Waals surface area (Å²) >= 11 is 1.61. The van der Waals surface area contributed by atoms with E-state index in [0.29, 0.717) is 0 Å². The van der Waals surface area contributed by atoms with Crippen molar-refractivity contribution in [2.24, 2.45) is 0 Å². The van der Waals surface area contributed by atoms with Gasteiger partial charge in [0, 0.05) is 16.4 Å². The summed E-state index contributed by atoms with van der Waals surface area (Å²) < 4.78 is 0. The molecule has 1 heterocycles. The van der Waals surface area contributed by atoms with Crippen molar-refractivity contribution >= 4 is 11.3 Å². The Morgan fingerprint density at radius 3 is 2.65 bits per heavy atom. The number of aromatic nitrogens is 1. The zero-order chi connectivity index (χ0) is 12.5. The van der Waals surface area contributed by atoms with Crippen LogP contribution in [0.25, 0.3) is 11.3 Å². The van der Waals surface area contributed by atoms with Gasteiger partial charge in [0.15, 0.2) is 0 Å². The third-order valence-electron chi connectivity index (χ3n) is 2.90. The largest absolute Gasteiger partial charge is 0.395 e. The minimum Gasteiger partial charge on any atom is -0.395 e. The molecule has 0 unspecified atom stereocenters. The minimum absolute atomic E-state index is 0.119. The van der Waals surface area contributed by atoms with Gasteiger partial charge >= 0.3 is 0 Å². The lowest BCUT2D eigenvalue weighted by Gasteiger charge is -2.17. The zero-order valence-corrected chi connectivity index (χ0v) is 11.2. The highest BCUT2D eigenvalue weighted by Gasteiger charge is 2.23. The van der Waals surface area contributed by atoms with E-state index < -0.39 is 0 Å². The first kappa shape index (κ1) is 12.3. The van der Waals surface area contributed by atoms with Crippen LogP contribution in [0.2, 0.25) is 0 Å². The lowest BCUT2D eigenvalue weighted by molar-refractivity contribution is 0.218. The first-order chi connectivity index (χ1) is 8.04. The predicted octanol–water partition coefficient (Wildman–Crippen LogP) is 3.39. The molecule has 0 saturated carbocycles. The molecule has 0 fully saturated rings. The number of hydrogen-bond donors (Lipinski definition) is 1. The van der Waals surface area contributed by atoms with Gasteiger partial charge in [-0.25, -0.2) is 4.98 Å². The van der Waals surface area contributed by atoms with Crippen molar-refractivity contribution in [1.82, 2.24) is 4.98 Å². The van der Waals surface area contributed by atoms with Crippen molar-refractivity contribution < 1.29 is 5.11 Å². The van der Waals surface area contributed by atoms with Crippen LogP contribution >= 0.6 is 11.3 Å². The van der Waals surface area contributed by atoms with Gasteiger partial charge < -0.3 is 5.11 Å². The molecule has 17 heavy (non-hydrogen) atoms. The molecule has 0 spiro atoms. The second-order valence-corrected chi connectivity index (χ2v) is 5.75. The zero-order valence-electron chi connectivity index (χ0n) is 10.4. The van der Waals surface area contributed by atoms with E-state index in [1.165, 1.54) is 11.1 Å². The highest BCUT2D eigenvalue weighted by molar-refractivity contribution is 7.10. The minimum atomic E-state index is -0.258. The van der Waals surface area contributed by atoms with Crippen LogP contribution in [0.4, 0.5) is 0 Å². The van der Waals surface area contributed by atoms with Crippen molar-refractivity contribution in [1.29, 1.82) is 0 Å². The average molecular weight is 247 g/mol. The van der Waals surface area contributed by atoms with Gasteiger partial charge in [-0.3, -0.25) is 0 Å². The molecule has 0 saturated heterocycles. The van der Waals surface area contributed by atoms with Crippen molar-refractivity contribution in [3.05, 3.63) is 40.2 Å². The summed E-state index contributed by atoms with van der Waals surface area (Å²) in [4.78, 5) is 4.64. The summed E-state index contributed by atoms with van der Waals surface area (Å²) in [5.74, 6) is 0. The Bertz CT molecular complexity index is 516. The molecule has 1 N–H and O–H groups in total. The normalized spacial score (nSPS) is 11.8. The molecule has 1 aromatic carbocycles. The molecule has 0 amide bonds. The number of rotatable bonds is 3. The molecule has 2 nitrogen and oxygen atoms in total. The van der Waals surface area contributed by atoms with E-state index in [0.717, 1.165) is 10.7 Å². The fourth-order valence-corrected chi connectivity index (χ4v) is 2.57. The van der Waals surface area contributed by atoms with Gasteiger partial charge in [-0.15, -0.1) is 11.3 Å². The van der Waals surface area contributed by atoms with Gasteiger partial charge in [-0.05, 0) is 12.5 Å². The lowest BCUT2D eigenvalue weighted by Crippen LogP contribution is -2.21. The van der Waals surface area contributed by atoms with Crippen LogP contribution in [0.5, 0.6) is 0 Å². The topological polar surface area (TPSA) is 33.1 Å². The number of aliphatic hydroxyl groups excluding tert-OH is 1. The van der Waals surface area contributed by atoms with Gasteiger partial charge in [0.1, 0.15) is 5.01 Å². The van der Waals surface area contributed by atoms with Gasteiger partial charge in [0.25, 0.3) is 0 Å². The van der Waals surface area contributed by atoms with Crippen molar-refractivity contribution in [3.8, 4) is 11.3 Å². The summed E-state index contributed by atoms with van der Waals surface area (Å²) in [7, 11) is 0. The monoisotopic (exact) mass is 247 g/mol. The van der Waals surface area contributed by atoms with Crippen molar-refractivity contribution in [2.75, 3.05) is 6.61 Å². The summed E-state index contributed by atoms with van der Waals surface area (Å²) in [6.45, 7) is 6.22. The maximum atomic E-state index is 9.35. The van der Waals surface area contributed by atoms with Crippen LogP contribution in [-0.4, -0.2) is 16.7 Å². The molecule has 0 atom stereocenters. The number of thiazole rings is 1. The van der Waals surface area contributed by atoms with Crippen LogP contribution in [0.15, 0.2) is 29.6 Å². The Morgan fingerprint density at radius 2 is 2.00 bits per heavy atom. The Kier molecular flexibility index (Phi) is 3.31. The van der Waals surface area contributed by atoms with Crippen molar-refractivity contribution in [3.63, 3.8) is 0 Å². The van der Waals surface area contributed by atoms with Gasteiger partial charge in [-0.1, -0.05) is 38.1 Å². The molecule has 2 rings (SSSR count). The quantitative estimate of drug-likeness (QED) is 0.902. The van der Waals surface area contributed by atoms with Crippen LogP contribution in [0, 0.1) is 6.92 Å². The predicted molar refractivity (Wildman–Crippen MR) is 72.4 cm³/mol. The number of benzene rings is 1. The first-order valence-corrected chi connectivity index (χ1v) is 6.55. The van der Waals surface area contributed by atoms with E-state index >= 15 is 0 Å². The van der Waals surface area contributed by atoms with E-state index in [4.69, 9.17) is 0 Å².